The molecule has 5 heteroatoms. The van der Waals surface area contributed by atoms with Gasteiger partial charge >= 0.3 is 0 Å². The molecule has 17 heavy (non-hydrogen) atoms. The van der Waals surface area contributed by atoms with Crippen molar-refractivity contribution in [2.45, 2.75) is 38.8 Å². The molecular weight excluding hydrogens is 216 g/mol. The van der Waals surface area contributed by atoms with E-state index in [1.54, 1.807) is 0 Å². The number of nitrogens with one attached hydrogen (secondary N) is 1. The van der Waals surface area contributed by atoms with Gasteiger partial charge in [-0.2, -0.15) is 4.98 Å². The molecule has 1 aliphatic rings. The van der Waals surface area contributed by atoms with Crippen LogP contribution in [-0.2, 0) is 6.54 Å². The maximum atomic E-state index is 5.35. The Labute approximate surface area is 103 Å². The summed E-state index contributed by atoms with van der Waals surface area (Å²) in [6.07, 6.45) is 3.60. The first-order valence-electron chi connectivity index (χ1n) is 6.39. The maximum absolute atomic E-state index is 5.35. The third kappa shape index (κ3) is 3.26. The van der Waals surface area contributed by atoms with E-state index < -0.39 is 0 Å². The first kappa shape index (κ1) is 12.5. The fourth-order valence-corrected chi connectivity index (χ4v) is 2.31. The molecule has 1 aromatic rings. The SMILES string of the molecule is CCC1CCNC(c2nc(CN(C)C)no2)C1. The quantitative estimate of drug-likeness (QED) is 0.863. The molecule has 0 aromatic carbocycles. The molecule has 0 aliphatic carbocycles. The average Bonchev–Trinajstić information content (AvgIpc) is 2.77. The minimum atomic E-state index is 0.247. The Kier molecular flexibility index (Phi) is 4.12. The van der Waals surface area contributed by atoms with E-state index in [1.165, 1.54) is 12.8 Å². The van der Waals surface area contributed by atoms with Crippen molar-refractivity contribution in [2.24, 2.45) is 5.92 Å². The molecule has 1 N–H and O–H groups in total. The molecule has 1 aromatic heterocycles. The average molecular weight is 238 g/mol. The predicted molar refractivity (Wildman–Crippen MR) is 65.4 cm³/mol. The molecule has 1 saturated heterocycles. The highest BCUT2D eigenvalue weighted by molar-refractivity contribution is 4.95. The zero-order chi connectivity index (χ0) is 12.3. The predicted octanol–water partition coefficient (Wildman–Crippen LogP) is 1.58. The van der Waals surface area contributed by atoms with Crippen molar-refractivity contribution in [1.29, 1.82) is 0 Å². The summed E-state index contributed by atoms with van der Waals surface area (Å²) >= 11 is 0. The standard InChI is InChI=1S/C12H22N4O/c1-4-9-5-6-13-10(7-9)12-14-11(15-17-12)8-16(2)3/h9-10,13H,4-8H2,1-3H3. The Morgan fingerprint density at radius 2 is 2.29 bits per heavy atom. The zero-order valence-corrected chi connectivity index (χ0v) is 10.9. The Morgan fingerprint density at radius 3 is 3.00 bits per heavy atom. The second-order valence-electron chi connectivity index (χ2n) is 5.09. The molecule has 2 atom stereocenters. The summed E-state index contributed by atoms with van der Waals surface area (Å²) in [5, 5.41) is 7.47. The topological polar surface area (TPSA) is 54.2 Å². The number of rotatable bonds is 4. The highest BCUT2D eigenvalue weighted by atomic mass is 16.5. The van der Waals surface area contributed by atoms with E-state index in [2.05, 4.69) is 22.4 Å². The smallest absolute Gasteiger partial charge is 0.243 e. The fraction of sp³-hybridized carbons (Fsp3) is 0.833. The summed E-state index contributed by atoms with van der Waals surface area (Å²) in [4.78, 5) is 6.50. The third-order valence-electron chi connectivity index (χ3n) is 3.33. The highest BCUT2D eigenvalue weighted by Crippen LogP contribution is 2.28. The van der Waals surface area contributed by atoms with Crippen LogP contribution >= 0.6 is 0 Å². The van der Waals surface area contributed by atoms with Gasteiger partial charge in [0.15, 0.2) is 5.82 Å². The molecule has 2 unspecified atom stereocenters. The minimum absolute atomic E-state index is 0.247. The number of aromatic nitrogens is 2. The van der Waals surface area contributed by atoms with Gasteiger partial charge in [0.1, 0.15) is 0 Å². The maximum Gasteiger partial charge on any atom is 0.243 e. The molecule has 2 rings (SSSR count). The highest BCUT2D eigenvalue weighted by Gasteiger charge is 2.25. The van der Waals surface area contributed by atoms with Crippen LogP contribution in [0.1, 0.15) is 43.9 Å². The van der Waals surface area contributed by atoms with E-state index >= 15 is 0 Å². The van der Waals surface area contributed by atoms with Gasteiger partial charge in [-0.15, -0.1) is 0 Å². The normalized spacial score (nSPS) is 25.4. The van der Waals surface area contributed by atoms with Crippen molar-refractivity contribution < 1.29 is 4.52 Å². The Morgan fingerprint density at radius 1 is 1.47 bits per heavy atom. The first-order chi connectivity index (χ1) is 8.19. The van der Waals surface area contributed by atoms with E-state index in [1.807, 2.05) is 19.0 Å². The van der Waals surface area contributed by atoms with Gasteiger partial charge in [0.2, 0.25) is 5.89 Å². The van der Waals surface area contributed by atoms with Crippen LogP contribution in [0.15, 0.2) is 4.52 Å². The number of piperidine rings is 1. The minimum Gasteiger partial charge on any atom is -0.338 e. The summed E-state index contributed by atoms with van der Waals surface area (Å²) < 4.78 is 5.35. The van der Waals surface area contributed by atoms with Crippen molar-refractivity contribution in [3.63, 3.8) is 0 Å². The second kappa shape index (κ2) is 5.60. The van der Waals surface area contributed by atoms with Crippen LogP contribution in [0, 0.1) is 5.92 Å². The Hall–Kier alpha value is -0.940. The lowest BCUT2D eigenvalue weighted by Gasteiger charge is -2.27. The molecule has 2 heterocycles. The van der Waals surface area contributed by atoms with Crippen molar-refractivity contribution >= 4 is 0 Å². The largest absolute Gasteiger partial charge is 0.338 e. The van der Waals surface area contributed by atoms with Gasteiger partial charge in [-0.1, -0.05) is 18.5 Å². The van der Waals surface area contributed by atoms with Crippen LogP contribution in [0.25, 0.3) is 0 Å². The molecule has 1 fully saturated rings. The Bertz CT molecular complexity index is 350. The zero-order valence-electron chi connectivity index (χ0n) is 10.9. The lowest BCUT2D eigenvalue weighted by atomic mass is 9.90. The van der Waals surface area contributed by atoms with E-state index in [0.717, 1.165) is 37.1 Å². The van der Waals surface area contributed by atoms with E-state index in [4.69, 9.17) is 4.52 Å². The van der Waals surface area contributed by atoms with Crippen LogP contribution in [0.5, 0.6) is 0 Å². The van der Waals surface area contributed by atoms with E-state index in [9.17, 15) is 0 Å². The van der Waals surface area contributed by atoms with Gasteiger partial charge in [-0.3, -0.25) is 0 Å². The van der Waals surface area contributed by atoms with Gasteiger partial charge in [-0.25, -0.2) is 0 Å². The van der Waals surface area contributed by atoms with Crippen molar-refractivity contribution in [3.8, 4) is 0 Å². The molecule has 96 valence electrons. The molecule has 0 saturated carbocycles. The summed E-state index contributed by atoms with van der Waals surface area (Å²) in [5.41, 5.74) is 0. The molecule has 0 radical (unpaired) electrons. The molecule has 1 aliphatic heterocycles. The van der Waals surface area contributed by atoms with Gasteiger partial charge in [0.25, 0.3) is 0 Å². The van der Waals surface area contributed by atoms with Gasteiger partial charge < -0.3 is 14.7 Å². The fourth-order valence-electron chi connectivity index (χ4n) is 2.31. The van der Waals surface area contributed by atoms with Gasteiger partial charge in [-0.05, 0) is 39.4 Å². The van der Waals surface area contributed by atoms with Crippen molar-refractivity contribution in [3.05, 3.63) is 11.7 Å². The van der Waals surface area contributed by atoms with E-state index in [0.29, 0.717) is 0 Å². The van der Waals surface area contributed by atoms with Crippen LogP contribution < -0.4 is 5.32 Å². The molecular formula is C12H22N4O. The summed E-state index contributed by atoms with van der Waals surface area (Å²) in [5.74, 6) is 2.30. The lowest BCUT2D eigenvalue weighted by molar-refractivity contribution is 0.245. The van der Waals surface area contributed by atoms with Gasteiger partial charge in [0, 0.05) is 0 Å². The summed E-state index contributed by atoms with van der Waals surface area (Å²) in [6, 6.07) is 0.247. The lowest BCUT2D eigenvalue weighted by Crippen LogP contribution is -2.31. The van der Waals surface area contributed by atoms with Crippen LogP contribution in [0.4, 0.5) is 0 Å². The van der Waals surface area contributed by atoms with Crippen molar-refractivity contribution in [1.82, 2.24) is 20.4 Å². The number of hydrogen-bond donors (Lipinski definition) is 1. The monoisotopic (exact) mass is 238 g/mol. The molecule has 0 spiro atoms. The third-order valence-corrected chi connectivity index (χ3v) is 3.33. The van der Waals surface area contributed by atoms with Crippen LogP contribution in [0.3, 0.4) is 0 Å². The van der Waals surface area contributed by atoms with Crippen molar-refractivity contribution in [2.75, 3.05) is 20.6 Å². The summed E-state index contributed by atoms with van der Waals surface area (Å²) in [6.45, 7) is 4.03. The number of hydrogen-bond acceptors (Lipinski definition) is 5. The Balaban J connectivity index is 1.99. The molecule has 0 amide bonds. The van der Waals surface area contributed by atoms with Crippen LogP contribution in [0.2, 0.25) is 0 Å². The van der Waals surface area contributed by atoms with Gasteiger partial charge in [0.05, 0.1) is 12.6 Å². The first-order valence-corrected chi connectivity index (χ1v) is 6.39. The molecule has 0 bridgehead atoms. The number of nitrogens with zero attached hydrogens (tertiary/aromatic N) is 3. The second-order valence-corrected chi connectivity index (χ2v) is 5.09. The van der Waals surface area contributed by atoms with E-state index in [-0.39, 0.29) is 6.04 Å². The molecule has 5 nitrogen and oxygen atoms in total. The summed E-state index contributed by atoms with van der Waals surface area (Å²) in [7, 11) is 4.00. The van der Waals surface area contributed by atoms with Crippen LogP contribution in [-0.4, -0.2) is 35.7 Å².